The summed E-state index contributed by atoms with van der Waals surface area (Å²) in [6.07, 6.45) is 0. The summed E-state index contributed by atoms with van der Waals surface area (Å²) in [6.45, 7) is 0. The summed E-state index contributed by atoms with van der Waals surface area (Å²) in [5.41, 5.74) is 17.0. The summed E-state index contributed by atoms with van der Waals surface area (Å²) in [7, 11) is 0. The number of rotatable bonds is 7. The molecule has 5 aromatic heterocycles. The molecule has 11 aromatic carbocycles. The topological polar surface area (TPSA) is 83.0 Å². The molecule has 0 unspecified atom stereocenters. The average Bonchev–Trinajstić information content (AvgIpc) is 4.39. The predicted octanol–water partition coefficient (Wildman–Crippen LogP) is 18.7. The standard InChI is InChI=1S/C69H40N4O3/c1-4-17-41(18-5-1)47-25-14-28-52-49-35-33-44(40-61(49)76-65(47)52)68-70-67(42-19-6-2-7-20-42)71-69(72-68)55-29-16-32-60-62(55)56-39-43(34-38-59(56)74-60)46-36-37-53(66-63(46)54-24-11-13-31-58(54)75-66)51-27-15-26-50-48-23-10-12-30-57(48)73(64(50)51)45-21-8-3-9-22-45/h1-40H. The fourth-order valence-electron chi connectivity index (χ4n) is 11.7. The van der Waals surface area contributed by atoms with E-state index in [1.165, 1.54) is 10.8 Å². The van der Waals surface area contributed by atoms with Crippen LogP contribution in [0.5, 0.6) is 0 Å². The lowest BCUT2D eigenvalue weighted by Gasteiger charge is -2.13. The Kier molecular flexibility index (Phi) is 9.20. The number of nitrogens with zero attached hydrogens (tertiary/aromatic N) is 4. The number of aromatic nitrogens is 4. The van der Waals surface area contributed by atoms with Crippen molar-refractivity contribution in [1.82, 2.24) is 19.5 Å². The first-order valence-electron chi connectivity index (χ1n) is 25.5. The summed E-state index contributed by atoms with van der Waals surface area (Å²) in [6, 6.07) is 84.3. The van der Waals surface area contributed by atoms with Crippen LogP contribution < -0.4 is 0 Å². The van der Waals surface area contributed by atoms with E-state index in [0.29, 0.717) is 17.5 Å². The number of fused-ring (bicyclic) bond motifs is 12. The van der Waals surface area contributed by atoms with Crippen LogP contribution in [0.15, 0.2) is 256 Å². The molecule has 0 amide bonds. The second-order valence-electron chi connectivity index (χ2n) is 19.4. The molecule has 7 heteroatoms. The molecule has 16 aromatic rings. The van der Waals surface area contributed by atoms with E-state index in [1.54, 1.807) is 0 Å². The zero-order chi connectivity index (χ0) is 49.8. The van der Waals surface area contributed by atoms with Crippen molar-refractivity contribution in [2.75, 3.05) is 0 Å². The minimum Gasteiger partial charge on any atom is -0.456 e. The molecule has 0 radical (unpaired) electrons. The highest BCUT2D eigenvalue weighted by Crippen LogP contribution is 2.47. The molecule has 7 nitrogen and oxygen atoms in total. The summed E-state index contributed by atoms with van der Waals surface area (Å²) >= 11 is 0. The molecule has 354 valence electrons. The van der Waals surface area contributed by atoms with Gasteiger partial charge in [0.25, 0.3) is 0 Å². The SMILES string of the molecule is c1ccc(-c2nc(-c3ccc4c(c3)oc3c(-c5ccccc5)cccc34)nc(-c3cccc4oc5ccc(-c6ccc(-c7cccc8c9ccccc9n(-c9ccccc9)c78)c7oc8ccccc8c67)cc5c34)n2)cc1. The van der Waals surface area contributed by atoms with E-state index in [0.717, 1.165) is 133 Å². The van der Waals surface area contributed by atoms with Gasteiger partial charge in [0.15, 0.2) is 17.5 Å². The number of furan rings is 3. The van der Waals surface area contributed by atoms with Gasteiger partial charge in [0.2, 0.25) is 0 Å². The van der Waals surface area contributed by atoms with Gasteiger partial charge in [-0.25, -0.2) is 15.0 Å². The van der Waals surface area contributed by atoms with Gasteiger partial charge in [0.1, 0.15) is 33.5 Å². The van der Waals surface area contributed by atoms with Crippen molar-refractivity contribution in [3.8, 4) is 73.2 Å². The normalized spacial score (nSPS) is 11.9. The Hall–Kier alpha value is -10.4. The van der Waals surface area contributed by atoms with Crippen molar-refractivity contribution in [1.29, 1.82) is 0 Å². The third kappa shape index (κ3) is 6.46. The van der Waals surface area contributed by atoms with Crippen molar-refractivity contribution in [2.45, 2.75) is 0 Å². The first kappa shape index (κ1) is 42.2. The van der Waals surface area contributed by atoms with Gasteiger partial charge in [0, 0.05) is 82.2 Å². The van der Waals surface area contributed by atoms with E-state index in [-0.39, 0.29) is 0 Å². The number of benzene rings is 11. The van der Waals surface area contributed by atoms with E-state index in [9.17, 15) is 0 Å². The highest BCUT2D eigenvalue weighted by Gasteiger charge is 2.24. The van der Waals surface area contributed by atoms with Crippen LogP contribution in [0.4, 0.5) is 0 Å². The maximum atomic E-state index is 6.99. The second kappa shape index (κ2) is 16.6. The number of para-hydroxylation sites is 5. The second-order valence-corrected chi connectivity index (χ2v) is 19.4. The summed E-state index contributed by atoms with van der Waals surface area (Å²) in [5, 5.41) is 8.43. The molecular weight excluding hydrogens is 933 g/mol. The molecule has 0 atom stereocenters. The van der Waals surface area contributed by atoms with Gasteiger partial charge >= 0.3 is 0 Å². The summed E-state index contributed by atoms with van der Waals surface area (Å²) in [5.74, 6) is 1.64. The van der Waals surface area contributed by atoms with Crippen molar-refractivity contribution in [3.05, 3.63) is 243 Å². The quantitative estimate of drug-likeness (QED) is 0.158. The molecular formula is C69H40N4O3. The lowest BCUT2D eigenvalue weighted by Crippen LogP contribution is -2.00. The van der Waals surface area contributed by atoms with Gasteiger partial charge in [0.05, 0.1) is 11.0 Å². The highest BCUT2D eigenvalue weighted by molar-refractivity contribution is 6.21. The molecule has 0 aliphatic rings. The van der Waals surface area contributed by atoms with Gasteiger partial charge in [-0.05, 0) is 77.4 Å². The van der Waals surface area contributed by atoms with E-state index in [2.05, 4.69) is 187 Å². The highest BCUT2D eigenvalue weighted by atomic mass is 16.3. The van der Waals surface area contributed by atoms with Gasteiger partial charge in [-0.1, -0.05) is 182 Å². The number of hydrogen-bond acceptors (Lipinski definition) is 6. The lowest BCUT2D eigenvalue weighted by atomic mass is 9.93. The molecule has 0 saturated carbocycles. The maximum Gasteiger partial charge on any atom is 0.164 e. The van der Waals surface area contributed by atoms with E-state index in [1.807, 2.05) is 60.7 Å². The molecule has 0 aliphatic carbocycles. The van der Waals surface area contributed by atoms with Crippen LogP contribution in [0, 0.1) is 0 Å². The Bertz CT molecular complexity index is 4990. The van der Waals surface area contributed by atoms with Crippen LogP contribution in [-0.2, 0) is 0 Å². The predicted molar refractivity (Wildman–Crippen MR) is 309 cm³/mol. The smallest absolute Gasteiger partial charge is 0.164 e. The molecule has 0 bridgehead atoms. The minimum atomic E-state index is 0.535. The van der Waals surface area contributed by atoms with Crippen molar-refractivity contribution in [2.24, 2.45) is 0 Å². The monoisotopic (exact) mass is 972 g/mol. The third-order valence-electron chi connectivity index (χ3n) is 15.1. The molecule has 5 heterocycles. The summed E-state index contributed by atoms with van der Waals surface area (Å²) < 4.78 is 22.8. The van der Waals surface area contributed by atoms with Crippen LogP contribution >= 0.6 is 0 Å². The van der Waals surface area contributed by atoms with E-state index < -0.39 is 0 Å². The largest absolute Gasteiger partial charge is 0.456 e. The van der Waals surface area contributed by atoms with E-state index in [4.69, 9.17) is 28.2 Å². The Balaban J connectivity index is 0.876. The van der Waals surface area contributed by atoms with Crippen LogP contribution in [0.2, 0.25) is 0 Å². The van der Waals surface area contributed by atoms with Crippen molar-refractivity contribution >= 4 is 87.6 Å². The molecule has 0 fully saturated rings. The molecule has 0 saturated heterocycles. The van der Waals surface area contributed by atoms with Crippen molar-refractivity contribution < 1.29 is 13.3 Å². The van der Waals surface area contributed by atoms with Gasteiger partial charge in [-0.3, -0.25) is 0 Å². The lowest BCUT2D eigenvalue weighted by molar-refractivity contribution is 0.669. The van der Waals surface area contributed by atoms with Crippen LogP contribution in [-0.4, -0.2) is 19.5 Å². The third-order valence-corrected chi connectivity index (χ3v) is 15.1. The minimum absolute atomic E-state index is 0.535. The van der Waals surface area contributed by atoms with Crippen LogP contribution in [0.3, 0.4) is 0 Å². The first-order valence-corrected chi connectivity index (χ1v) is 25.5. The van der Waals surface area contributed by atoms with Gasteiger partial charge < -0.3 is 17.8 Å². The first-order chi connectivity index (χ1) is 37.7. The molecule has 0 spiro atoms. The van der Waals surface area contributed by atoms with Crippen LogP contribution in [0.1, 0.15) is 0 Å². The molecule has 76 heavy (non-hydrogen) atoms. The Morgan fingerprint density at radius 2 is 0.882 bits per heavy atom. The van der Waals surface area contributed by atoms with Gasteiger partial charge in [-0.15, -0.1) is 0 Å². The Morgan fingerprint density at radius 1 is 0.276 bits per heavy atom. The molecule has 0 N–H and O–H groups in total. The Morgan fingerprint density at radius 3 is 1.72 bits per heavy atom. The fourth-order valence-corrected chi connectivity index (χ4v) is 11.7. The van der Waals surface area contributed by atoms with Crippen LogP contribution in [0.25, 0.3) is 161 Å². The summed E-state index contributed by atoms with van der Waals surface area (Å²) in [4.78, 5) is 15.7. The molecule has 16 rings (SSSR count). The zero-order valence-electron chi connectivity index (χ0n) is 40.6. The van der Waals surface area contributed by atoms with Gasteiger partial charge in [-0.2, -0.15) is 0 Å². The molecule has 0 aliphatic heterocycles. The number of hydrogen-bond donors (Lipinski definition) is 0. The maximum absolute atomic E-state index is 6.99. The average molecular weight is 973 g/mol. The van der Waals surface area contributed by atoms with E-state index >= 15 is 0 Å². The fraction of sp³-hybridized carbons (Fsp3) is 0. The zero-order valence-corrected chi connectivity index (χ0v) is 40.6. The van der Waals surface area contributed by atoms with Crippen molar-refractivity contribution in [3.63, 3.8) is 0 Å². The Labute approximate surface area is 434 Å².